The fourth-order valence-electron chi connectivity index (χ4n) is 3.75. The minimum Gasteiger partial charge on any atom is -0.505 e. The SMILES string of the molecule is O=[N+]([O-])c1c(O)c(O)cc(-c2nc(-c3ccc(F)c(O)c3)no2)c1C1CCCC1. The molecular weight excluding hydrogens is 385 g/mol. The molecule has 0 amide bonds. The molecule has 1 saturated carbocycles. The predicted molar refractivity (Wildman–Crippen MR) is 98.0 cm³/mol. The summed E-state index contributed by atoms with van der Waals surface area (Å²) in [6.45, 7) is 0. The number of hydrogen-bond donors (Lipinski definition) is 3. The third-order valence-electron chi connectivity index (χ3n) is 5.10. The molecule has 0 spiro atoms. The highest BCUT2D eigenvalue weighted by Gasteiger charge is 2.35. The Balaban J connectivity index is 1.88. The van der Waals surface area contributed by atoms with Crippen LogP contribution in [0.5, 0.6) is 17.2 Å². The molecule has 1 aliphatic carbocycles. The number of rotatable bonds is 4. The monoisotopic (exact) mass is 401 g/mol. The van der Waals surface area contributed by atoms with Crippen LogP contribution in [0.2, 0.25) is 0 Å². The van der Waals surface area contributed by atoms with Crippen LogP contribution in [-0.2, 0) is 0 Å². The van der Waals surface area contributed by atoms with Crippen molar-refractivity contribution < 1.29 is 29.2 Å². The summed E-state index contributed by atoms with van der Waals surface area (Å²) in [4.78, 5) is 15.1. The second kappa shape index (κ2) is 7.04. The van der Waals surface area contributed by atoms with Gasteiger partial charge in [0.25, 0.3) is 5.89 Å². The molecule has 1 heterocycles. The molecule has 0 radical (unpaired) electrons. The molecule has 1 aliphatic rings. The number of aromatic nitrogens is 2. The number of halogens is 1. The van der Waals surface area contributed by atoms with Crippen LogP contribution in [0.3, 0.4) is 0 Å². The minimum absolute atomic E-state index is 0.0305. The van der Waals surface area contributed by atoms with E-state index < -0.39 is 33.7 Å². The molecule has 29 heavy (non-hydrogen) atoms. The Labute approximate surface area is 163 Å². The van der Waals surface area contributed by atoms with Crippen LogP contribution in [0.15, 0.2) is 28.8 Å². The summed E-state index contributed by atoms with van der Waals surface area (Å²) in [5.74, 6) is -3.14. The number of nitro groups is 1. The van der Waals surface area contributed by atoms with E-state index in [0.29, 0.717) is 12.8 Å². The Kier molecular flexibility index (Phi) is 4.53. The van der Waals surface area contributed by atoms with Gasteiger partial charge in [-0.1, -0.05) is 18.0 Å². The van der Waals surface area contributed by atoms with Crippen molar-refractivity contribution in [1.82, 2.24) is 10.1 Å². The molecule has 9 nitrogen and oxygen atoms in total. The summed E-state index contributed by atoms with van der Waals surface area (Å²) in [5.41, 5.74) is 0.0915. The Morgan fingerprint density at radius 2 is 1.86 bits per heavy atom. The molecule has 0 bridgehead atoms. The molecule has 10 heteroatoms. The van der Waals surface area contributed by atoms with Gasteiger partial charge in [-0.2, -0.15) is 4.98 Å². The topological polar surface area (TPSA) is 143 Å². The van der Waals surface area contributed by atoms with Gasteiger partial charge in [0.05, 0.1) is 10.5 Å². The number of phenols is 3. The normalized spacial score (nSPS) is 14.4. The van der Waals surface area contributed by atoms with Crippen LogP contribution in [-0.4, -0.2) is 30.4 Å². The minimum atomic E-state index is -0.805. The van der Waals surface area contributed by atoms with Gasteiger partial charge in [0.2, 0.25) is 11.6 Å². The van der Waals surface area contributed by atoms with Crippen molar-refractivity contribution in [3.05, 3.63) is 45.8 Å². The van der Waals surface area contributed by atoms with E-state index in [1.807, 2.05) is 0 Å². The van der Waals surface area contributed by atoms with Crippen molar-refractivity contribution in [3.63, 3.8) is 0 Å². The average molecular weight is 401 g/mol. The standard InChI is InChI=1S/C19H16FN3O6/c20-12-6-5-10(7-13(12)24)18-21-19(29-22-18)11-8-14(25)17(26)16(23(27)28)15(11)9-3-1-2-4-9/h5-9,24-26H,1-4H2. The van der Waals surface area contributed by atoms with Crippen molar-refractivity contribution in [2.75, 3.05) is 0 Å². The Hall–Kier alpha value is -3.69. The highest BCUT2D eigenvalue weighted by Crippen LogP contribution is 2.50. The maximum atomic E-state index is 13.3. The molecule has 0 atom stereocenters. The summed E-state index contributed by atoms with van der Waals surface area (Å²) >= 11 is 0. The lowest BCUT2D eigenvalue weighted by atomic mass is 9.90. The molecule has 4 rings (SSSR count). The van der Waals surface area contributed by atoms with Crippen molar-refractivity contribution in [1.29, 1.82) is 0 Å². The molecule has 1 fully saturated rings. The zero-order valence-corrected chi connectivity index (χ0v) is 15.0. The number of benzene rings is 2. The van der Waals surface area contributed by atoms with E-state index in [-0.39, 0.29) is 34.3 Å². The maximum absolute atomic E-state index is 13.3. The Morgan fingerprint density at radius 3 is 2.52 bits per heavy atom. The van der Waals surface area contributed by atoms with Gasteiger partial charge in [-0.3, -0.25) is 10.1 Å². The van der Waals surface area contributed by atoms with Gasteiger partial charge in [0.1, 0.15) is 0 Å². The van der Waals surface area contributed by atoms with Gasteiger partial charge < -0.3 is 19.8 Å². The van der Waals surface area contributed by atoms with E-state index in [2.05, 4.69) is 10.1 Å². The van der Waals surface area contributed by atoms with Crippen LogP contribution >= 0.6 is 0 Å². The third-order valence-corrected chi connectivity index (χ3v) is 5.10. The maximum Gasteiger partial charge on any atom is 0.318 e. The number of hydrogen-bond acceptors (Lipinski definition) is 8. The van der Waals surface area contributed by atoms with E-state index >= 15 is 0 Å². The Bertz CT molecular complexity index is 1110. The predicted octanol–water partition coefficient (Wildman–Crippen LogP) is 4.23. The van der Waals surface area contributed by atoms with Gasteiger partial charge in [-0.25, -0.2) is 4.39 Å². The summed E-state index contributed by atoms with van der Waals surface area (Å²) in [6.07, 6.45) is 3.13. The van der Waals surface area contributed by atoms with Gasteiger partial charge in [0, 0.05) is 11.1 Å². The van der Waals surface area contributed by atoms with E-state index in [1.54, 1.807) is 0 Å². The van der Waals surface area contributed by atoms with Gasteiger partial charge >= 0.3 is 5.69 Å². The quantitative estimate of drug-likeness (QED) is 0.335. The molecule has 0 unspecified atom stereocenters. The number of nitro benzene ring substituents is 1. The van der Waals surface area contributed by atoms with E-state index in [0.717, 1.165) is 31.0 Å². The second-order valence-electron chi connectivity index (χ2n) is 6.88. The van der Waals surface area contributed by atoms with Crippen molar-refractivity contribution in [2.24, 2.45) is 0 Å². The molecule has 0 saturated heterocycles. The summed E-state index contributed by atoms with van der Waals surface area (Å²) in [7, 11) is 0. The van der Waals surface area contributed by atoms with Crippen LogP contribution in [0.4, 0.5) is 10.1 Å². The van der Waals surface area contributed by atoms with Crippen molar-refractivity contribution in [2.45, 2.75) is 31.6 Å². The zero-order valence-electron chi connectivity index (χ0n) is 15.0. The molecular formula is C19H16FN3O6. The fraction of sp³-hybridized carbons (Fsp3) is 0.263. The lowest BCUT2D eigenvalue weighted by Crippen LogP contribution is -2.03. The first-order chi connectivity index (χ1) is 13.9. The van der Waals surface area contributed by atoms with Gasteiger partial charge in [-0.15, -0.1) is 0 Å². The van der Waals surface area contributed by atoms with Gasteiger partial charge in [-0.05, 0) is 43.0 Å². The highest BCUT2D eigenvalue weighted by atomic mass is 19.1. The summed E-state index contributed by atoms with van der Waals surface area (Å²) in [5, 5.41) is 45.1. The fourth-order valence-corrected chi connectivity index (χ4v) is 3.75. The highest BCUT2D eigenvalue weighted by molar-refractivity contribution is 5.75. The number of phenolic OH excluding ortho intramolecular Hbond substituents is 3. The molecule has 1 aromatic heterocycles. The smallest absolute Gasteiger partial charge is 0.318 e. The second-order valence-corrected chi connectivity index (χ2v) is 6.88. The van der Waals surface area contributed by atoms with Crippen LogP contribution < -0.4 is 0 Å². The van der Waals surface area contributed by atoms with Gasteiger partial charge in [0.15, 0.2) is 17.3 Å². The van der Waals surface area contributed by atoms with Crippen LogP contribution in [0.1, 0.15) is 37.2 Å². The first kappa shape index (κ1) is 18.7. The average Bonchev–Trinajstić information content (AvgIpc) is 3.37. The molecule has 2 aromatic carbocycles. The van der Waals surface area contributed by atoms with E-state index in [9.17, 15) is 29.8 Å². The third kappa shape index (κ3) is 3.22. The molecule has 3 N–H and O–H groups in total. The summed E-state index contributed by atoms with van der Waals surface area (Å²) < 4.78 is 18.5. The van der Waals surface area contributed by atoms with Crippen LogP contribution in [0, 0.1) is 15.9 Å². The van der Waals surface area contributed by atoms with E-state index in [4.69, 9.17) is 4.52 Å². The lowest BCUT2D eigenvalue weighted by Gasteiger charge is -2.15. The first-order valence-electron chi connectivity index (χ1n) is 8.93. The zero-order chi connectivity index (χ0) is 20.7. The largest absolute Gasteiger partial charge is 0.505 e. The van der Waals surface area contributed by atoms with Crippen molar-refractivity contribution in [3.8, 4) is 40.1 Å². The number of nitrogens with zero attached hydrogens (tertiary/aromatic N) is 3. The molecule has 3 aromatic rings. The lowest BCUT2D eigenvalue weighted by molar-refractivity contribution is -0.386. The molecule has 0 aliphatic heterocycles. The molecule has 150 valence electrons. The van der Waals surface area contributed by atoms with E-state index in [1.165, 1.54) is 6.07 Å². The Morgan fingerprint density at radius 1 is 1.14 bits per heavy atom. The first-order valence-corrected chi connectivity index (χ1v) is 8.93. The number of aromatic hydroxyl groups is 3. The summed E-state index contributed by atoms with van der Waals surface area (Å²) in [6, 6.07) is 4.67. The van der Waals surface area contributed by atoms with Crippen molar-refractivity contribution >= 4 is 5.69 Å². The van der Waals surface area contributed by atoms with Crippen LogP contribution in [0.25, 0.3) is 22.8 Å².